The maximum absolute atomic E-state index is 12.7. The van der Waals surface area contributed by atoms with Gasteiger partial charge < -0.3 is 9.73 Å². The van der Waals surface area contributed by atoms with Crippen LogP contribution in [0, 0.1) is 12.8 Å². The van der Waals surface area contributed by atoms with Crippen LogP contribution in [0.4, 0.5) is 4.79 Å². The van der Waals surface area contributed by atoms with Gasteiger partial charge in [0.15, 0.2) is 0 Å². The summed E-state index contributed by atoms with van der Waals surface area (Å²) in [5.74, 6) is 1.20. The number of imide groups is 1. The Morgan fingerprint density at radius 3 is 2.67 bits per heavy atom. The van der Waals surface area contributed by atoms with Gasteiger partial charge in [-0.2, -0.15) is 0 Å². The number of nitrogens with one attached hydrogen (secondary N) is 1. The predicted molar refractivity (Wildman–Crippen MR) is 86.9 cm³/mol. The molecule has 1 aromatic carbocycles. The van der Waals surface area contributed by atoms with Crippen molar-refractivity contribution in [3.8, 4) is 11.5 Å². The Labute approximate surface area is 139 Å². The van der Waals surface area contributed by atoms with Crippen molar-refractivity contribution in [2.75, 3.05) is 0 Å². The van der Waals surface area contributed by atoms with E-state index in [1.807, 2.05) is 37.3 Å². The first-order valence-electron chi connectivity index (χ1n) is 8.15. The molecule has 1 atom stereocenters. The number of carbonyl (C=O) groups excluding carboxylic acids is 2. The molecule has 2 fully saturated rings. The Morgan fingerprint density at radius 1 is 1.29 bits per heavy atom. The van der Waals surface area contributed by atoms with Crippen molar-refractivity contribution in [3.05, 3.63) is 41.8 Å². The Morgan fingerprint density at radius 2 is 2.00 bits per heavy atom. The third-order valence-electron chi connectivity index (χ3n) is 4.92. The summed E-state index contributed by atoms with van der Waals surface area (Å²) in [5, 5.41) is 2.85. The molecule has 24 heavy (non-hydrogen) atoms. The first kappa shape index (κ1) is 14.9. The van der Waals surface area contributed by atoms with Crippen LogP contribution >= 0.6 is 0 Å². The molecule has 124 valence electrons. The van der Waals surface area contributed by atoms with E-state index >= 15 is 0 Å². The topological polar surface area (TPSA) is 75.4 Å². The second kappa shape index (κ2) is 5.19. The highest BCUT2D eigenvalue weighted by molar-refractivity contribution is 6.07. The highest BCUT2D eigenvalue weighted by Crippen LogP contribution is 2.42. The number of urea groups is 1. The smallest absolute Gasteiger partial charge is 0.325 e. The Balaban J connectivity index is 1.59. The Kier molecular flexibility index (Phi) is 3.23. The van der Waals surface area contributed by atoms with Gasteiger partial charge in [-0.25, -0.2) is 9.78 Å². The van der Waals surface area contributed by atoms with Crippen molar-refractivity contribution in [1.29, 1.82) is 0 Å². The minimum Gasteiger partial charge on any atom is -0.441 e. The molecule has 1 aliphatic carbocycles. The van der Waals surface area contributed by atoms with Gasteiger partial charge in [-0.05, 0) is 44.7 Å². The van der Waals surface area contributed by atoms with E-state index in [4.69, 9.17) is 4.42 Å². The summed E-state index contributed by atoms with van der Waals surface area (Å²) in [7, 11) is 0. The zero-order valence-electron chi connectivity index (χ0n) is 13.7. The number of nitrogens with zero attached hydrogens (tertiary/aromatic N) is 2. The van der Waals surface area contributed by atoms with E-state index < -0.39 is 5.54 Å². The standard InChI is InChI=1S/C18H19N3O3/c1-11-14(19-15(24-11)12-6-4-3-5-7-12)10-21-16(22)18(2,13-8-9-13)20-17(21)23/h3-7,13H,8-10H2,1-2H3,(H,20,23). The number of carbonyl (C=O) groups is 2. The zero-order valence-corrected chi connectivity index (χ0v) is 13.7. The van der Waals surface area contributed by atoms with E-state index in [1.54, 1.807) is 6.92 Å². The lowest BCUT2D eigenvalue weighted by Gasteiger charge is -2.20. The van der Waals surface area contributed by atoms with Crippen molar-refractivity contribution < 1.29 is 14.0 Å². The molecule has 3 amide bonds. The fourth-order valence-electron chi connectivity index (χ4n) is 3.23. The molecular weight excluding hydrogens is 306 g/mol. The quantitative estimate of drug-likeness (QED) is 0.877. The summed E-state index contributed by atoms with van der Waals surface area (Å²) in [5.41, 5.74) is 0.709. The predicted octanol–water partition coefficient (Wildman–Crippen LogP) is 2.87. The highest BCUT2D eigenvalue weighted by Gasteiger charge is 2.56. The first-order valence-corrected chi connectivity index (χ1v) is 8.15. The van der Waals surface area contributed by atoms with Crippen LogP contribution in [0.5, 0.6) is 0 Å². The fraction of sp³-hybridized carbons (Fsp3) is 0.389. The monoisotopic (exact) mass is 325 g/mol. The van der Waals surface area contributed by atoms with E-state index in [1.165, 1.54) is 4.90 Å². The second-order valence-electron chi connectivity index (χ2n) is 6.69. The number of hydrogen-bond donors (Lipinski definition) is 1. The van der Waals surface area contributed by atoms with E-state index in [0.29, 0.717) is 17.3 Å². The van der Waals surface area contributed by atoms with Crippen molar-refractivity contribution >= 4 is 11.9 Å². The van der Waals surface area contributed by atoms with Gasteiger partial charge in [0.25, 0.3) is 5.91 Å². The summed E-state index contributed by atoms with van der Waals surface area (Å²) in [6.07, 6.45) is 1.97. The van der Waals surface area contributed by atoms with Crippen molar-refractivity contribution in [2.45, 2.75) is 38.8 Å². The lowest BCUT2D eigenvalue weighted by molar-refractivity contribution is -0.131. The average molecular weight is 325 g/mol. The molecule has 0 spiro atoms. The molecule has 0 radical (unpaired) electrons. The zero-order chi connectivity index (χ0) is 16.9. The van der Waals surface area contributed by atoms with Crippen LogP contribution in [-0.2, 0) is 11.3 Å². The van der Waals surface area contributed by atoms with Gasteiger partial charge >= 0.3 is 6.03 Å². The molecule has 4 rings (SSSR count). The molecule has 2 heterocycles. The van der Waals surface area contributed by atoms with E-state index in [0.717, 1.165) is 18.4 Å². The number of aryl methyl sites for hydroxylation is 1. The van der Waals surface area contributed by atoms with Gasteiger partial charge in [0.2, 0.25) is 5.89 Å². The Bertz CT molecular complexity index is 810. The summed E-state index contributed by atoms with van der Waals surface area (Å²) < 4.78 is 5.71. The van der Waals surface area contributed by atoms with Gasteiger partial charge in [0, 0.05) is 5.56 Å². The van der Waals surface area contributed by atoms with Gasteiger partial charge in [0.1, 0.15) is 17.0 Å². The molecule has 1 unspecified atom stereocenters. The minimum absolute atomic E-state index is 0.134. The third-order valence-corrected chi connectivity index (χ3v) is 4.92. The maximum atomic E-state index is 12.7. The molecular formula is C18H19N3O3. The number of aromatic nitrogens is 1. The van der Waals surface area contributed by atoms with Crippen LogP contribution in [0.15, 0.2) is 34.7 Å². The Hall–Kier alpha value is -2.63. The lowest BCUT2D eigenvalue weighted by atomic mass is 9.96. The van der Waals surface area contributed by atoms with Gasteiger partial charge in [-0.1, -0.05) is 18.2 Å². The number of rotatable bonds is 4. The lowest BCUT2D eigenvalue weighted by Crippen LogP contribution is -2.46. The van der Waals surface area contributed by atoms with Crippen molar-refractivity contribution in [3.63, 3.8) is 0 Å². The van der Waals surface area contributed by atoms with Crippen LogP contribution in [0.1, 0.15) is 31.2 Å². The van der Waals surface area contributed by atoms with E-state index in [9.17, 15) is 9.59 Å². The van der Waals surface area contributed by atoms with E-state index in [2.05, 4.69) is 10.3 Å². The number of benzene rings is 1. The molecule has 6 heteroatoms. The fourth-order valence-corrected chi connectivity index (χ4v) is 3.23. The van der Waals surface area contributed by atoms with Gasteiger partial charge in [-0.3, -0.25) is 9.69 Å². The van der Waals surface area contributed by atoms with Gasteiger partial charge in [0.05, 0.1) is 6.54 Å². The normalized spacial score (nSPS) is 23.7. The largest absolute Gasteiger partial charge is 0.441 e. The molecule has 1 aromatic heterocycles. The van der Waals surface area contributed by atoms with Crippen LogP contribution in [-0.4, -0.2) is 27.4 Å². The van der Waals surface area contributed by atoms with Crippen LogP contribution in [0.3, 0.4) is 0 Å². The van der Waals surface area contributed by atoms with Gasteiger partial charge in [-0.15, -0.1) is 0 Å². The molecule has 1 aliphatic heterocycles. The van der Waals surface area contributed by atoms with E-state index in [-0.39, 0.29) is 24.4 Å². The van der Waals surface area contributed by atoms with Crippen LogP contribution in [0.2, 0.25) is 0 Å². The number of amides is 3. The summed E-state index contributed by atoms with van der Waals surface area (Å²) in [6, 6.07) is 9.21. The number of hydrogen-bond acceptors (Lipinski definition) is 4. The third kappa shape index (κ3) is 2.29. The maximum Gasteiger partial charge on any atom is 0.325 e. The average Bonchev–Trinajstić information content (AvgIpc) is 3.33. The molecule has 1 saturated heterocycles. The molecule has 0 bridgehead atoms. The molecule has 1 N–H and O–H groups in total. The second-order valence-corrected chi connectivity index (χ2v) is 6.69. The molecule has 1 saturated carbocycles. The van der Waals surface area contributed by atoms with Crippen molar-refractivity contribution in [2.24, 2.45) is 5.92 Å². The molecule has 2 aromatic rings. The minimum atomic E-state index is -0.767. The van der Waals surface area contributed by atoms with Crippen molar-refractivity contribution in [1.82, 2.24) is 15.2 Å². The SMILES string of the molecule is Cc1oc(-c2ccccc2)nc1CN1C(=O)NC(C)(C2CC2)C1=O. The highest BCUT2D eigenvalue weighted by atomic mass is 16.4. The first-order chi connectivity index (χ1) is 11.5. The summed E-state index contributed by atoms with van der Waals surface area (Å²) in [6.45, 7) is 3.75. The summed E-state index contributed by atoms with van der Waals surface area (Å²) in [4.78, 5) is 30.7. The van der Waals surface area contributed by atoms with Crippen LogP contribution < -0.4 is 5.32 Å². The molecule has 6 nitrogen and oxygen atoms in total. The summed E-state index contributed by atoms with van der Waals surface area (Å²) >= 11 is 0. The molecule has 2 aliphatic rings. The van der Waals surface area contributed by atoms with Crippen LogP contribution in [0.25, 0.3) is 11.5 Å². The number of oxazole rings is 1.